The van der Waals surface area contributed by atoms with Crippen LogP contribution in [0.5, 0.6) is 11.5 Å². The van der Waals surface area contributed by atoms with Crippen molar-refractivity contribution in [2.45, 2.75) is 30.8 Å². The van der Waals surface area contributed by atoms with E-state index in [2.05, 4.69) is 0 Å². The van der Waals surface area contributed by atoms with Crippen LogP contribution in [0, 0.1) is 5.92 Å². The number of nitrogens with zero attached hydrogens (tertiary/aromatic N) is 1. The molecule has 0 bridgehead atoms. The molecule has 0 radical (unpaired) electrons. The van der Waals surface area contributed by atoms with Gasteiger partial charge in [0, 0.05) is 28.9 Å². The number of ether oxygens (including phenoxy) is 2. The third kappa shape index (κ3) is 5.10. The van der Waals surface area contributed by atoms with Gasteiger partial charge in [0.15, 0.2) is 0 Å². The molecule has 0 aliphatic carbocycles. The van der Waals surface area contributed by atoms with E-state index in [1.165, 1.54) is 11.8 Å². The summed E-state index contributed by atoms with van der Waals surface area (Å²) in [7, 11) is 3.15. The van der Waals surface area contributed by atoms with Gasteiger partial charge in [-0.05, 0) is 35.7 Å². The fourth-order valence-electron chi connectivity index (χ4n) is 3.69. The summed E-state index contributed by atoms with van der Waals surface area (Å²) in [5.74, 6) is 0.223. The minimum absolute atomic E-state index is 0.204. The number of benzene rings is 2. The van der Waals surface area contributed by atoms with Crippen LogP contribution in [0.15, 0.2) is 36.4 Å². The number of amides is 1. The van der Waals surface area contributed by atoms with Gasteiger partial charge in [0.1, 0.15) is 11.5 Å². The van der Waals surface area contributed by atoms with E-state index < -0.39 is 11.2 Å². The van der Waals surface area contributed by atoms with E-state index in [4.69, 9.17) is 21.1 Å². The first-order valence-corrected chi connectivity index (χ1v) is 11.3. The molecule has 3 rings (SSSR count). The molecule has 166 valence electrons. The zero-order valence-corrected chi connectivity index (χ0v) is 19.5. The second-order valence-corrected chi connectivity index (χ2v) is 9.51. The lowest BCUT2D eigenvalue weighted by Gasteiger charge is -2.27. The van der Waals surface area contributed by atoms with E-state index in [1.54, 1.807) is 31.3 Å². The molecule has 1 heterocycles. The largest absolute Gasteiger partial charge is 0.497 e. The first-order chi connectivity index (χ1) is 14.7. The van der Waals surface area contributed by atoms with Crippen LogP contribution in [0.4, 0.5) is 5.69 Å². The minimum Gasteiger partial charge on any atom is -0.497 e. The summed E-state index contributed by atoms with van der Waals surface area (Å²) in [4.78, 5) is 26.7. The van der Waals surface area contributed by atoms with Crippen LogP contribution in [0.3, 0.4) is 0 Å². The zero-order valence-electron chi connectivity index (χ0n) is 17.9. The highest BCUT2D eigenvalue weighted by atomic mass is 35.5. The number of carbonyl (C=O) groups excluding carboxylic acids is 1. The van der Waals surface area contributed by atoms with Gasteiger partial charge in [-0.1, -0.05) is 31.5 Å². The Morgan fingerprint density at radius 3 is 2.52 bits per heavy atom. The fourth-order valence-corrected chi connectivity index (χ4v) is 5.36. The lowest BCUT2D eigenvalue weighted by atomic mass is 10.00. The highest BCUT2D eigenvalue weighted by Gasteiger charge is 2.38. The number of aliphatic carboxylic acids is 1. The highest BCUT2D eigenvalue weighted by Crippen LogP contribution is 2.50. The molecule has 0 saturated carbocycles. The fraction of sp³-hybridized carbons (Fsp3) is 0.391. The smallest absolute Gasteiger partial charge is 0.305 e. The average Bonchev–Trinajstić information content (AvgIpc) is 2.83. The molecule has 6 nitrogen and oxygen atoms in total. The van der Waals surface area contributed by atoms with Crippen molar-refractivity contribution < 1.29 is 24.2 Å². The van der Waals surface area contributed by atoms with Crippen molar-refractivity contribution >= 4 is 40.9 Å². The average molecular weight is 464 g/mol. The first-order valence-electron chi connectivity index (χ1n) is 9.95. The van der Waals surface area contributed by atoms with Gasteiger partial charge in [-0.15, -0.1) is 11.8 Å². The Morgan fingerprint density at radius 2 is 1.90 bits per heavy atom. The summed E-state index contributed by atoms with van der Waals surface area (Å²) in [5, 5.41) is 8.93. The molecule has 0 aromatic heterocycles. The monoisotopic (exact) mass is 463 g/mol. The van der Waals surface area contributed by atoms with Crippen LogP contribution in [0.2, 0.25) is 5.02 Å². The number of thioether (sulfide) groups is 1. The van der Waals surface area contributed by atoms with Gasteiger partial charge >= 0.3 is 5.97 Å². The van der Waals surface area contributed by atoms with Crippen molar-refractivity contribution in [2.24, 2.45) is 5.92 Å². The van der Waals surface area contributed by atoms with Crippen LogP contribution in [0.25, 0.3) is 0 Å². The van der Waals surface area contributed by atoms with Gasteiger partial charge in [-0.2, -0.15) is 0 Å². The van der Waals surface area contributed by atoms with E-state index in [1.807, 2.05) is 38.1 Å². The normalized spacial score (nSPS) is 18.5. The van der Waals surface area contributed by atoms with Crippen LogP contribution in [-0.4, -0.2) is 43.0 Å². The number of hydrogen-bond donors (Lipinski definition) is 1. The Kier molecular flexibility index (Phi) is 7.38. The quantitative estimate of drug-likeness (QED) is 0.620. The number of anilines is 1. The number of halogens is 1. The van der Waals surface area contributed by atoms with Crippen LogP contribution >= 0.6 is 23.4 Å². The number of methoxy groups -OCH3 is 2. The second-order valence-electron chi connectivity index (χ2n) is 7.76. The number of fused-ring (bicyclic) bond motifs is 1. The topological polar surface area (TPSA) is 76.1 Å². The molecule has 0 spiro atoms. The summed E-state index contributed by atoms with van der Waals surface area (Å²) in [6.07, 6.45) is -0.269. The van der Waals surface area contributed by atoms with Crippen LogP contribution in [0.1, 0.15) is 36.6 Å². The van der Waals surface area contributed by atoms with Gasteiger partial charge < -0.3 is 19.5 Å². The standard InChI is InChI=1S/C23H26ClNO5S/c1-13(2)12-25-18-8-5-14(24)9-17(18)22(31-20(23(25)28)11-21(26)27)16-7-6-15(29-3)10-19(16)30-4/h5-10,13,20,22H,11-12H2,1-4H3,(H,26,27)/t20-,22-/m1/s1. The maximum absolute atomic E-state index is 13.5. The SMILES string of the molecule is COc1ccc([C@H]2S[C@H](CC(=O)O)C(=O)N(CC(C)C)c3ccc(Cl)cc32)c(OC)c1. The van der Waals surface area contributed by atoms with Gasteiger partial charge in [-0.25, -0.2) is 0 Å². The molecule has 0 unspecified atom stereocenters. The van der Waals surface area contributed by atoms with E-state index >= 15 is 0 Å². The van der Waals surface area contributed by atoms with Crippen LogP contribution in [-0.2, 0) is 9.59 Å². The molecule has 1 N–H and O–H groups in total. The Balaban J connectivity index is 2.22. The van der Waals surface area contributed by atoms with Crippen molar-refractivity contribution in [1.29, 1.82) is 0 Å². The second kappa shape index (κ2) is 9.83. The maximum Gasteiger partial charge on any atom is 0.305 e. The molecule has 2 aromatic carbocycles. The third-order valence-corrected chi connectivity index (χ3v) is 6.75. The van der Waals surface area contributed by atoms with E-state index in [9.17, 15) is 14.7 Å². The molecule has 1 aliphatic rings. The predicted molar refractivity (Wildman–Crippen MR) is 124 cm³/mol. The Labute approximate surface area is 191 Å². The molecule has 0 saturated heterocycles. The Bertz CT molecular complexity index is 980. The molecule has 2 aromatic rings. The van der Waals surface area contributed by atoms with Gasteiger partial charge in [0.05, 0.1) is 31.1 Å². The molecule has 2 atom stereocenters. The predicted octanol–water partition coefficient (Wildman–Crippen LogP) is 5.03. The number of rotatable bonds is 7. The molecule has 0 fully saturated rings. The molecular weight excluding hydrogens is 438 g/mol. The minimum atomic E-state index is -1.01. The van der Waals surface area contributed by atoms with E-state index in [0.717, 1.165) is 16.8 Å². The molecular formula is C23H26ClNO5S. The number of carboxylic acids is 1. The summed E-state index contributed by atoms with van der Waals surface area (Å²) in [6.45, 7) is 4.53. The Morgan fingerprint density at radius 1 is 1.16 bits per heavy atom. The maximum atomic E-state index is 13.5. The summed E-state index contributed by atoms with van der Waals surface area (Å²) >= 11 is 7.67. The van der Waals surface area contributed by atoms with Crippen molar-refractivity contribution in [3.8, 4) is 11.5 Å². The molecule has 1 amide bonds. The van der Waals surface area contributed by atoms with Gasteiger partial charge in [0.25, 0.3) is 0 Å². The number of carbonyl (C=O) groups is 2. The lowest BCUT2D eigenvalue weighted by Crippen LogP contribution is -2.40. The summed E-state index contributed by atoms with van der Waals surface area (Å²) in [6, 6.07) is 10.9. The first kappa shape index (κ1) is 23.3. The molecule has 8 heteroatoms. The lowest BCUT2D eigenvalue weighted by molar-refractivity contribution is -0.138. The molecule has 1 aliphatic heterocycles. The number of carboxylic acid groups (broad SMARTS) is 1. The third-order valence-electron chi connectivity index (χ3n) is 5.04. The molecule has 31 heavy (non-hydrogen) atoms. The van der Waals surface area contributed by atoms with Crippen molar-refractivity contribution in [2.75, 3.05) is 25.7 Å². The van der Waals surface area contributed by atoms with E-state index in [-0.39, 0.29) is 23.5 Å². The number of hydrogen-bond acceptors (Lipinski definition) is 5. The van der Waals surface area contributed by atoms with E-state index in [0.29, 0.717) is 23.1 Å². The van der Waals surface area contributed by atoms with Crippen molar-refractivity contribution in [1.82, 2.24) is 0 Å². The summed E-state index contributed by atoms with van der Waals surface area (Å²) in [5.41, 5.74) is 2.42. The van der Waals surface area contributed by atoms with Crippen molar-refractivity contribution in [3.05, 3.63) is 52.5 Å². The Hall–Kier alpha value is -2.38. The van der Waals surface area contributed by atoms with Crippen LogP contribution < -0.4 is 14.4 Å². The van der Waals surface area contributed by atoms with Gasteiger partial charge in [-0.3, -0.25) is 9.59 Å². The summed E-state index contributed by atoms with van der Waals surface area (Å²) < 4.78 is 10.9. The zero-order chi connectivity index (χ0) is 22.7. The highest BCUT2D eigenvalue weighted by molar-refractivity contribution is 8.01. The van der Waals surface area contributed by atoms with Gasteiger partial charge in [0.2, 0.25) is 5.91 Å². The van der Waals surface area contributed by atoms with Crippen molar-refractivity contribution in [3.63, 3.8) is 0 Å².